The van der Waals surface area contributed by atoms with E-state index < -0.39 is 11.9 Å². The lowest BCUT2D eigenvalue weighted by Crippen LogP contribution is -2.15. The van der Waals surface area contributed by atoms with Crippen molar-refractivity contribution < 1.29 is 14.6 Å². The Morgan fingerprint density at radius 2 is 2.10 bits per heavy atom. The first-order chi connectivity index (χ1) is 9.52. The highest BCUT2D eigenvalue weighted by atomic mass is 16.5. The van der Waals surface area contributed by atoms with E-state index in [1.807, 2.05) is 38.1 Å². The molecular weight excluding hydrogens is 254 g/mol. The molecule has 2 rings (SSSR count). The maximum atomic E-state index is 11.5. The van der Waals surface area contributed by atoms with Crippen LogP contribution in [0.25, 0.3) is 10.8 Å². The number of aromatic nitrogens is 1. The van der Waals surface area contributed by atoms with Gasteiger partial charge >= 0.3 is 5.97 Å². The summed E-state index contributed by atoms with van der Waals surface area (Å²) >= 11 is 0. The minimum atomic E-state index is -0.825. The largest absolute Gasteiger partial charge is 0.497 e. The van der Waals surface area contributed by atoms with E-state index in [1.54, 1.807) is 13.3 Å². The highest BCUT2D eigenvalue weighted by Crippen LogP contribution is 2.30. The molecule has 0 saturated heterocycles. The van der Waals surface area contributed by atoms with E-state index in [9.17, 15) is 9.90 Å². The molecule has 0 amide bonds. The summed E-state index contributed by atoms with van der Waals surface area (Å²) in [6.45, 7) is 4.04. The summed E-state index contributed by atoms with van der Waals surface area (Å²) in [4.78, 5) is 15.9. The summed E-state index contributed by atoms with van der Waals surface area (Å²) in [6, 6.07) is 7.49. The van der Waals surface area contributed by atoms with Crippen molar-refractivity contribution in [2.75, 3.05) is 7.11 Å². The SMILES string of the molecule is COc1ccc2c(C(CC(C)C)C(=O)O)nccc2c1. The molecule has 0 saturated carbocycles. The molecule has 1 atom stereocenters. The molecule has 0 fully saturated rings. The highest BCUT2D eigenvalue weighted by molar-refractivity contribution is 5.90. The van der Waals surface area contributed by atoms with Gasteiger partial charge in [0.05, 0.1) is 18.7 Å². The second kappa shape index (κ2) is 5.90. The van der Waals surface area contributed by atoms with Gasteiger partial charge in [-0.15, -0.1) is 0 Å². The molecule has 106 valence electrons. The molecular formula is C16H19NO3. The van der Waals surface area contributed by atoms with Gasteiger partial charge in [-0.05, 0) is 42.0 Å². The predicted molar refractivity (Wildman–Crippen MR) is 78.1 cm³/mol. The Bertz CT molecular complexity index is 622. The number of ether oxygens (including phenoxy) is 1. The third-order valence-electron chi connectivity index (χ3n) is 3.34. The van der Waals surface area contributed by atoms with E-state index in [0.29, 0.717) is 18.0 Å². The molecule has 0 radical (unpaired) electrons. The van der Waals surface area contributed by atoms with Gasteiger partial charge in [0.1, 0.15) is 5.75 Å². The molecule has 20 heavy (non-hydrogen) atoms. The smallest absolute Gasteiger partial charge is 0.312 e. The summed E-state index contributed by atoms with van der Waals surface area (Å²) < 4.78 is 5.20. The molecule has 4 nitrogen and oxygen atoms in total. The molecule has 1 unspecified atom stereocenters. The summed E-state index contributed by atoms with van der Waals surface area (Å²) in [7, 11) is 1.61. The van der Waals surface area contributed by atoms with E-state index in [0.717, 1.165) is 16.5 Å². The van der Waals surface area contributed by atoms with Gasteiger partial charge < -0.3 is 9.84 Å². The average Bonchev–Trinajstić information content (AvgIpc) is 2.43. The zero-order valence-electron chi connectivity index (χ0n) is 12.0. The number of rotatable bonds is 5. The third kappa shape index (κ3) is 2.90. The Morgan fingerprint density at radius 3 is 2.70 bits per heavy atom. The summed E-state index contributed by atoms with van der Waals surface area (Å²) in [5.74, 6) is -0.349. The van der Waals surface area contributed by atoms with Crippen LogP contribution in [0.3, 0.4) is 0 Å². The number of fused-ring (bicyclic) bond motifs is 1. The maximum absolute atomic E-state index is 11.5. The van der Waals surface area contributed by atoms with Crippen LogP contribution in [0.1, 0.15) is 31.9 Å². The Morgan fingerprint density at radius 1 is 1.35 bits per heavy atom. The average molecular weight is 273 g/mol. The lowest BCUT2D eigenvalue weighted by Gasteiger charge is -2.16. The topological polar surface area (TPSA) is 59.4 Å². The lowest BCUT2D eigenvalue weighted by molar-refractivity contribution is -0.139. The van der Waals surface area contributed by atoms with Crippen LogP contribution in [-0.2, 0) is 4.79 Å². The van der Waals surface area contributed by atoms with Crippen LogP contribution in [0.2, 0.25) is 0 Å². The molecule has 2 aromatic rings. The fourth-order valence-corrected chi connectivity index (χ4v) is 2.38. The molecule has 0 aliphatic heterocycles. The van der Waals surface area contributed by atoms with Gasteiger partial charge in [-0.2, -0.15) is 0 Å². The molecule has 0 bridgehead atoms. The van der Waals surface area contributed by atoms with Crippen molar-refractivity contribution in [1.29, 1.82) is 0 Å². The van der Waals surface area contributed by atoms with Crippen LogP contribution in [-0.4, -0.2) is 23.2 Å². The monoisotopic (exact) mass is 273 g/mol. The van der Waals surface area contributed by atoms with Crippen molar-refractivity contribution in [2.24, 2.45) is 5.92 Å². The molecule has 0 aliphatic carbocycles. The molecule has 1 heterocycles. The molecule has 1 N–H and O–H groups in total. The van der Waals surface area contributed by atoms with Gasteiger partial charge in [-0.25, -0.2) is 0 Å². The van der Waals surface area contributed by atoms with Gasteiger partial charge in [0.15, 0.2) is 0 Å². The Kier molecular flexibility index (Phi) is 4.23. The number of nitrogens with zero attached hydrogens (tertiary/aromatic N) is 1. The zero-order chi connectivity index (χ0) is 14.7. The lowest BCUT2D eigenvalue weighted by atomic mass is 9.91. The number of carbonyl (C=O) groups is 1. The number of pyridine rings is 1. The van der Waals surface area contributed by atoms with Crippen molar-refractivity contribution in [1.82, 2.24) is 4.98 Å². The normalized spacial score (nSPS) is 12.6. The zero-order valence-corrected chi connectivity index (χ0v) is 12.0. The quantitative estimate of drug-likeness (QED) is 0.906. The third-order valence-corrected chi connectivity index (χ3v) is 3.34. The van der Waals surface area contributed by atoms with Crippen molar-refractivity contribution >= 4 is 16.7 Å². The molecule has 0 aliphatic rings. The van der Waals surface area contributed by atoms with Crippen LogP contribution >= 0.6 is 0 Å². The van der Waals surface area contributed by atoms with E-state index in [4.69, 9.17) is 4.74 Å². The van der Waals surface area contributed by atoms with E-state index in [1.165, 1.54) is 0 Å². The van der Waals surface area contributed by atoms with Crippen molar-refractivity contribution in [3.8, 4) is 5.75 Å². The first kappa shape index (κ1) is 14.3. The van der Waals surface area contributed by atoms with E-state index >= 15 is 0 Å². The fourth-order valence-electron chi connectivity index (χ4n) is 2.38. The van der Waals surface area contributed by atoms with Crippen LogP contribution in [0.5, 0.6) is 5.75 Å². The standard InChI is InChI=1S/C16H19NO3/c1-10(2)8-14(16(18)19)15-13-5-4-12(20-3)9-11(13)6-7-17-15/h4-7,9-10,14H,8H2,1-3H3,(H,18,19). The van der Waals surface area contributed by atoms with E-state index in [-0.39, 0.29) is 0 Å². The summed E-state index contributed by atoms with van der Waals surface area (Å²) in [5.41, 5.74) is 0.631. The number of carboxylic acids is 1. The van der Waals surface area contributed by atoms with Crippen LogP contribution in [0.15, 0.2) is 30.5 Å². The fraction of sp³-hybridized carbons (Fsp3) is 0.375. The minimum absolute atomic E-state index is 0.298. The van der Waals surface area contributed by atoms with E-state index in [2.05, 4.69) is 4.98 Å². The first-order valence-corrected chi connectivity index (χ1v) is 6.68. The Labute approximate surface area is 118 Å². The van der Waals surface area contributed by atoms with Crippen LogP contribution in [0.4, 0.5) is 0 Å². The molecule has 1 aromatic carbocycles. The minimum Gasteiger partial charge on any atom is -0.497 e. The highest BCUT2D eigenvalue weighted by Gasteiger charge is 2.24. The van der Waals surface area contributed by atoms with Gasteiger partial charge in [0, 0.05) is 11.6 Å². The number of carboxylic acid groups (broad SMARTS) is 1. The summed E-state index contributed by atoms with van der Waals surface area (Å²) in [6.07, 6.45) is 2.24. The van der Waals surface area contributed by atoms with Crippen LogP contribution < -0.4 is 4.74 Å². The molecule has 1 aromatic heterocycles. The first-order valence-electron chi connectivity index (χ1n) is 6.68. The molecule has 4 heteroatoms. The van der Waals surface area contributed by atoms with Gasteiger partial charge in [0.2, 0.25) is 0 Å². The number of hydrogen-bond donors (Lipinski definition) is 1. The summed E-state index contributed by atoms with van der Waals surface area (Å²) in [5, 5.41) is 11.3. The van der Waals surface area contributed by atoms with Gasteiger partial charge in [0.25, 0.3) is 0 Å². The Hall–Kier alpha value is -2.10. The number of hydrogen-bond acceptors (Lipinski definition) is 3. The van der Waals surface area contributed by atoms with Gasteiger partial charge in [-0.1, -0.05) is 13.8 Å². The van der Waals surface area contributed by atoms with Crippen molar-refractivity contribution in [2.45, 2.75) is 26.2 Å². The second-order valence-electron chi connectivity index (χ2n) is 5.30. The molecule has 0 spiro atoms. The Balaban J connectivity index is 2.54. The maximum Gasteiger partial charge on any atom is 0.312 e. The second-order valence-corrected chi connectivity index (χ2v) is 5.30. The number of benzene rings is 1. The van der Waals surface area contributed by atoms with Gasteiger partial charge in [-0.3, -0.25) is 9.78 Å². The van der Waals surface area contributed by atoms with Crippen molar-refractivity contribution in [3.63, 3.8) is 0 Å². The van der Waals surface area contributed by atoms with Crippen LogP contribution in [0, 0.1) is 5.92 Å². The number of methoxy groups -OCH3 is 1. The predicted octanol–water partition coefficient (Wildman–Crippen LogP) is 3.46. The van der Waals surface area contributed by atoms with Crippen molar-refractivity contribution in [3.05, 3.63) is 36.2 Å². The number of aliphatic carboxylic acids is 1.